The van der Waals surface area contributed by atoms with E-state index in [-0.39, 0.29) is 23.5 Å². The number of nitrogens with one attached hydrogen (secondary N) is 1. The van der Waals surface area contributed by atoms with Crippen molar-refractivity contribution < 1.29 is 10.2 Å². The Kier molecular flexibility index (Phi) is 5.89. The highest BCUT2D eigenvalue weighted by Gasteiger charge is 2.16. The van der Waals surface area contributed by atoms with E-state index >= 15 is 0 Å². The van der Waals surface area contributed by atoms with Gasteiger partial charge in [-0.3, -0.25) is 19.6 Å². The first kappa shape index (κ1) is 19.6. The molecule has 29 heavy (non-hydrogen) atoms. The van der Waals surface area contributed by atoms with Gasteiger partial charge in [-0.15, -0.1) is 0 Å². The maximum Gasteiger partial charge on any atom is 0.261 e. The van der Waals surface area contributed by atoms with E-state index in [1.807, 2.05) is 36.4 Å². The third-order valence-corrected chi connectivity index (χ3v) is 5.57. The molecule has 4 rings (SSSR count). The lowest BCUT2D eigenvalue weighted by atomic mass is 10.0. The van der Waals surface area contributed by atoms with Crippen LogP contribution in [0.2, 0.25) is 0 Å². The largest absolute Gasteiger partial charge is 0.506 e. The number of hydrogen-bond donors (Lipinski definition) is 3. The van der Waals surface area contributed by atoms with Crippen LogP contribution in [0.1, 0.15) is 5.56 Å². The van der Waals surface area contributed by atoms with Crippen molar-refractivity contribution in [2.75, 3.05) is 52.4 Å². The van der Waals surface area contributed by atoms with E-state index in [0.29, 0.717) is 17.4 Å². The number of pyridine rings is 1. The zero-order chi connectivity index (χ0) is 20.2. The smallest absolute Gasteiger partial charge is 0.261 e. The molecule has 0 radical (unpaired) electrons. The van der Waals surface area contributed by atoms with E-state index in [1.54, 1.807) is 0 Å². The van der Waals surface area contributed by atoms with Crippen LogP contribution < -0.4 is 5.56 Å². The molecule has 0 saturated carbocycles. The van der Waals surface area contributed by atoms with Gasteiger partial charge in [-0.05, 0) is 11.5 Å². The second-order valence-corrected chi connectivity index (χ2v) is 7.37. The summed E-state index contributed by atoms with van der Waals surface area (Å²) in [6.45, 7) is 6.09. The summed E-state index contributed by atoms with van der Waals surface area (Å²) in [4.78, 5) is 24.4. The molecule has 0 bridgehead atoms. The van der Waals surface area contributed by atoms with E-state index in [1.165, 1.54) is 6.21 Å². The average Bonchev–Trinajstić information content (AvgIpc) is 2.74. The maximum atomic E-state index is 12.5. The fourth-order valence-corrected chi connectivity index (χ4v) is 3.89. The predicted molar refractivity (Wildman–Crippen MR) is 116 cm³/mol. The van der Waals surface area contributed by atoms with Gasteiger partial charge in [0.25, 0.3) is 5.56 Å². The standard InChI is InChI=1S/C22H26N4O3/c27-14-13-26-11-9-25(10-12-26)8-7-23-15-19-21(28)18-6-5-16-3-1-2-4-17(16)20(18)24-22(19)29/h1-6,15,27H,7-14H2,(H2,24,28,29). The Morgan fingerprint density at radius 1 is 1.00 bits per heavy atom. The van der Waals surface area contributed by atoms with E-state index in [0.717, 1.165) is 50.0 Å². The summed E-state index contributed by atoms with van der Waals surface area (Å²) in [5.74, 6) is -0.0316. The summed E-state index contributed by atoms with van der Waals surface area (Å²) in [7, 11) is 0. The van der Waals surface area contributed by atoms with Crippen LogP contribution in [-0.2, 0) is 0 Å². The van der Waals surface area contributed by atoms with E-state index in [2.05, 4.69) is 19.8 Å². The Hall–Kier alpha value is -2.74. The Balaban J connectivity index is 1.47. The predicted octanol–water partition coefficient (Wildman–Crippen LogP) is 1.42. The molecule has 0 atom stereocenters. The van der Waals surface area contributed by atoms with Crippen molar-refractivity contribution in [3.05, 3.63) is 52.3 Å². The Morgan fingerprint density at radius 2 is 1.72 bits per heavy atom. The average molecular weight is 394 g/mol. The van der Waals surface area contributed by atoms with Crippen molar-refractivity contribution in [1.29, 1.82) is 0 Å². The van der Waals surface area contributed by atoms with Crippen molar-refractivity contribution in [2.45, 2.75) is 0 Å². The Morgan fingerprint density at radius 3 is 2.48 bits per heavy atom. The summed E-state index contributed by atoms with van der Waals surface area (Å²) in [5, 5.41) is 22.2. The second kappa shape index (κ2) is 8.73. The number of nitrogens with zero attached hydrogens (tertiary/aromatic N) is 3. The molecule has 1 saturated heterocycles. The van der Waals surface area contributed by atoms with Gasteiger partial charge in [-0.2, -0.15) is 0 Å². The molecule has 1 aliphatic heterocycles. The summed E-state index contributed by atoms with van der Waals surface area (Å²) in [6, 6.07) is 11.5. The van der Waals surface area contributed by atoms with Crippen molar-refractivity contribution in [1.82, 2.24) is 14.8 Å². The summed E-state index contributed by atoms with van der Waals surface area (Å²) in [5.41, 5.74) is 0.497. The molecule has 2 aromatic carbocycles. The van der Waals surface area contributed by atoms with Crippen LogP contribution in [0.4, 0.5) is 0 Å². The van der Waals surface area contributed by atoms with Crippen molar-refractivity contribution >= 4 is 27.9 Å². The molecule has 1 aromatic heterocycles. The highest BCUT2D eigenvalue weighted by Crippen LogP contribution is 2.29. The molecule has 0 unspecified atom stereocenters. The van der Waals surface area contributed by atoms with Crippen LogP contribution in [0.15, 0.2) is 46.2 Å². The molecular weight excluding hydrogens is 368 g/mol. The van der Waals surface area contributed by atoms with E-state index in [4.69, 9.17) is 5.11 Å². The first-order valence-corrected chi connectivity index (χ1v) is 9.99. The Bertz CT molecular complexity index is 1080. The Labute approximate surface area is 168 Å². The van der Waals surface area contributed by atoms with Gasteiger partial charge >= 0.3 is 0 Å². The summed E-state index contributed by atoms with van der Waals surface area (Å²) >= 11 is 0. The number of aliphatic imine (C=N–C) groups is 1. The number of aromatic nitrogens is 1. The summed E-state index contributed by atoms with van der Waals surface area (Å²) < 4.78 is 0. The number of piperazine rings is 1. The number of rotatable bonds is 6. The van der Waals surface area contributed by atoms with Gasteiger partial charge in [0, 0.05) is 56.3 Å². The SMILES string of the molecule is O=c1[nH]c2c(ccc3ccccc32)c(O)c1C=NCCN1CCN(CCO)CC1. The molecule has 1 fully saturated rings. The van der Waals surface area contributed by atoms with Crippen molar-refractivity contribution in [3.8, 4) is 5.75 Å². The number of aromatic amines is 1. The van der Waals surface area contributed by atoms with Gasteiger partial charge in [-0.1, -0.05) is 30.3 Å². The van der Waals surface area contributed by atoms with Gasteiger partial charge in [0.1, 0.15) is 5.75 Å². The fourth-order valence-electron chi connectivity index (χ4n) is 3.89. The number of aliphatic hydroxyl groups excluding tert-OH is 1. The molecule has 1 aliphatic rings. The number of aromatic hydroxyl groups is 1. The lowest BCUT2D eigenvalue weighted by molar-refractivity contribution is 0.115. The first-order valence-electron chi connectivity index (χ1n) is 9.99. The quantitative estimate of drug-likeness (QED) is 0.434. The fraction of sp³-hybridized carbons (Fsp3) is 0.364. The zero-order valence-electron chi connectivity index (χ0n) is 16.3. The minimum atomic E-state index is -0.340. The molecule has 0 aliphatic carbocycles. The normalized spacial score (nSPS) is 16.3. The minimum absolute atomic E-state index is 0.0316. The van der Waals surface area contributed by atoms with Gasteiger partial charge in [0.15, 0.2) is 0 Å². The third kappa shape index (κ3) is 4.17. The van der Waals surface area contributed by atoms with Gasteiger partial charge in [0.05, 0.1) is 24.2 Å². The number of aliphatic hydroxyl groups is 1. The minimum Gasteiger partial charge on any atom is -0.506 e. The molecule has 2 heterocycles. The van der Waals surface area contributed by atoms with Gasteiger partial charge in [-0.25, -0.2) is 0 Å². The topological polar surface area (TPSA) is 92.2 Å². The second-order valence-electron chi connectivity index (χ2n) is 7.37. The number of fused-ring (bicyclic) bond motifs is 3. The number of hydrogen-bond acceptors (Lipinski definition) is 6. The maximum absolute atomic E-state index is 12.5. The molecule has 0 spiro atoms. The highest BCUT2D eigenvalue weighted by molar-refractivity contribution is 6.08. The third-order valence-electron chi connectivity index (χ3n) is 5.57. The first-order chi connectivity index (χ1) is 14.2. The molecular formula is C22H26N4O3. The van der Waals surface area contributed by atoms with Crippen LogP contribution in [0.5, 0.6) is 5.75 Å². The number of benzene rings is 2. The molecule has 7 nitrogen and oxygen atoms in total. The lowest BCUT2D eigenvalue weighted by Gasteiger charge is -2.33. The lowest BCUT2D eigenvalue weighted by Crippen LogP contribution is -2.47. The van der Waals surface area contributed by atoms with Crippen molar-refractivity contribution in [3.63, 3.8) is 0 Å². The zero-order valence-corrected chi connectivity index (χ0v) is 16.3. The van der Waals surface area contributed by atoms with Crippen molar-refractivity contribution in [2.24, 2.45) is 4.99 Å². The molecule has 152 valence electrons. The van der Waals surface area contributed by atoms with Crippen LogP contribution in [0, 0.1) is 0 Å². The van der Waals surface area contributed by atoms with E-state index < -0.39 is 0 Å². The van der Waals surface area contributed by atoms with Crippen LogP contribution in [0.3, 0.4) is 0 Å². The number of β-amino-alcohol motifs (C(OH)–C–C–N with tert-alkyl or cyclic N) is 1. The van der Waals surface area contributed by atoms with Crippen LogP contribution in [0.25, 0.3) is 21.7 Å². The van der Waals surface area contributed by atoms with E-state index in [9.17, 15) is 9.90 Å². The molecule has 0 amide bonds. The monoisotopic (exact) mass is 394 g/mol. The van der Waals surface area contributed by atoms with Crippen LogP contribution in [-0.4, -0.2) is 83.6 Å². The van der Waals surface area contributed by atoms with Crippen LogP contribution >= 0.6 is 0 Å². The number of H-pyrrole nitrogens is 1. The van der Waals surface area contributed by atoms with Gasteiger partial charge < -0.3 is 15.2 Å². The molecule has 3 N–H and O–H groups in total. The van der Waals surface area contributed by atoms with Gasteiger partial charge in [0.2, 0.25) is 0 Å². The highest BCUT2D eigenvalue weighted by atomic mass is 16.3. The molecule has 3 aromatic rings. The molecule has 7 heteroatoms. The summed E-state index contributed by atoms with van der Waals surface area (Å²) in [6.07, 6.45) is 1.48.